The lowest BCUT2D eigenvalue weighted by Crippen LogP contribution is -1.92. The maximum atomic E-state index is 5.79. The number of aromatic amines is 1. The van der Waals surface area contributed by atoms with Crippen molar-refractivity contribution in [2.75, 3.05) is 11.5 Å². The van der Waals surface area contributed by atoms with Crippen molar-refractivity contribution in [2.45, 2.75) is 0 Å². The van der Waals surface area contributed by atoms with Crippen LogP contribution in [0.2, 0.25) is 0 Å². The van der Waals surface area contributed by atoms with Crippen LogP contribution in [-0.2, 0) is 0 Å². The maximum absolute atomic E-state index is 5.79. The Hall–Kier alpha value is -2.01. The molecule has 0 aliphatic heterocycles. The number of fused-ring (bicyclic) bond motifs is 1. The van der Waals surface area contributed by atoms with Gasteiger partial charge in [-0.25, -0.2) is 4.98 Å². The van der Waals surface area contributed by atoms with E-state index in [-0.39, 0.29) is 0 Å². The normalized spacial score (nSPS) is 10.9. The second kappa shape index (κ2) is 4.03. The van der Waals surface area contributed by atoms with Crippen LogP contribution in [0.25, 0.3) is 22.4 Å². The molecular formula is C13H11BrN4. The summed E-state index contributed by atoms with van der Waals surface area (Å²) in [4.78, 5) is 7.77. The summed E-state index contributed by atoms with van der Waals surface area (Å²) in [7, 11) is 0. The number of hydrogen-bond acceptors (Lipinski definition) is 3. The first-order valence-electron chi connectivity index (χ1n) is 5.43. The van der Waals surface area contributed by atoms with E-state index < -0.39 is 0 Å². The molecule has 5 heteroatoms. The van der Waals surface area contributed by atoms with Crippen molar-refractivity contribution >= 4 is 38.3 Å². The van der Waals surface area contributed by atoms with Crippen LogP contribution in [-0.4, -0.2) is 9.97 Å². The molecule has 0 radical (unpaired) electrons. The van der Waals surface area contributed by atoms with Crippen molar-refractivity contribution in [1.29, 1.82) is 0 Å². The van der Waals surface area contributed by atoms with Crippen molar-refractivity contribution in [3.05, 3.63) is 40.9 Å². The first-order chi connectivity index (χ1) is 8.61. The second-order valence-electron chi connectivity index (χ2n) is 4.14. The predicted molar refractivity (Wildman–Crippen MR) is 78.1 cm³/mol. The molecule has 0 saturated carbocycles. The first kappa shape index (κ1) is 11.1. The van der Waals surface area contributed by atoms with Crippen LogP contribution < -0.4 is 11.5 Å². The van der Waals surface area contributed by atoms with Crippen molar-refractivity contribution in [3.63, 3.8) is 0 Å². The highest BCUT2D eigenvalue weighted by Crippen LogP contribution is 2.26. The topological polar surface area (TPSA) is 80.7 Å². The lowest BCUT2D eigenvalue weighted by atomic mass is 10.1. The van der Waals surface area contributed by atoms with E-state index in [4.69, 9.17) is 11.5 Å². The zero-order valence-corrected chi connectivity index (χ0v) is 11.0. The van der Waals surface area contributed by atoms with Gasteiger partial charge in [0, 0.05) is 21.4 Å². The lowest BCUT2D eigenvalue weighted by molar-refractivity contribution is 1.34. The highest BCUT2D eigenvalue weighted by Gasteiger charge is 2.06. The minimum Gasteiger partial charge on any atom is -0.399 e. The highest BCUT2D eigenvalue weighted by atomic mass is 79.9. The number of nitrogens with two attached hydrogens (primary N) is 2. The molecule has 0 atom stereocenters. The van der Waals surface area contributed by atoms with Gasteiger partial charge in [0.25, 0.3) is 0 Å². The van der Waals surface area contributed by atoms with Crippen LogP contribution in [0.3, 0.4) is 0 Å². The average molecular weight is 303 g/mol. The van der Waals surface area contributed by atoms with Crippen molar-refractivity contribution in [3.8, 4) is 11.4 Å². The number of nitrogens with one attached hydrogen (secondary N) is 1. The Morgan fingerprint density at radius 2 is 1.72 bits per heavy atom. The van der Waals surface area contributed by atoms with Gasteiger partial charge in [0.05, 0.1) is 11.0 Å². The Morgan fingerprint density at radius 1 is 1.00 bits per heavy atom. The molecule has 90 valence electrons. The van der Waals surface area contributed by atoms with Crippen LogP contribution in [0, 0.1) is 0 Å². The van der Waals surface area contributed by atoms with Crippen LogP contribution in [0.1, 0.15) is 0 Å². The van der Waals surface area contributed by atoms with E-state index in [1.807, 2.05) is 30.3 Å². The predicted octanol–water partition coefficient (Wildman–Crippen LogP) is 3.16. The fourth-order valence-electron chi connectivity index (χ4n) is 1.93. The number of aromatic nitrogens is 2. The quantitative estimate of drug-likeness (QED) is 0.604. The fourth-order valence-corrected chi connectivity index (χ4v) is 2.29. The molecule has 3 rings (SSSR count). The molecule has 4 nitrogen and oxygen atoms in total. The van der Waals surface area contributed by atoms with Gasteiger partial charge in [0.15, 0.2) is 0 Å². The number of benzene rings is 2. The largest absolute Gasteiger partial charge is 0.399 e. The summed E-state index contributed by atoms with van der Waals surface area (Å²) < 4.78 is 1.01. The van der Waals surface area contributed by atoms with E-state index in [0.29, 0.717) is 11.4 Å². The van der Waals surface area contributed by atoms with Gasteiger partial charge in [-0.2, -0.15) is 0 Å². The number of imidazole rings is 1. The van der Waals surface area contributed by atoms with Gasteiger partial charge in [-0.15, -0.1) is 0 Å². The Bertz CT molecular complexity index is 713. The van der Waals surface area contributed by atoms with Crippen molar-refractivity contribution in [2.24, 2.45) is 0 Å². The molecule has 0 spiro atoms. The van der Waals surface area contributed by atoms with Gasteiger partial charge < -0.3 is 16.5 Å². The molecular weight excluding hydrogens is 292 g/mol. The third-order valence-corrected chi connectivity index (χ3v) is 3.19. The molecule has 5 N–H and O–H groups in total. The van der Waals surface area contributed by atoms with Crippen LogP contribution in [0.4, 0.5) is 11.4 Å². The number of hydrogen-bond donors (Lipinski definition) is 3. The molecule has 1 heterocycles. The summed E-state index contributed by atoms with van der Waals surface area (Å²) in [6.07, 6.45) is 0. The third kappa shape index (κ3) is 1.93. The number of nitrogens with zero attached hydrogens (tertiary/aromatic N) is 1. The van der Waals surface area contributed by atoms with E-state index in [1.165, 1.54) is 0 Å². The molecule has 0 bridgehead atoms. The number of anilines is 2. The second-order valence-corrected chi connectivity index (χ2v) is 5.05. The van der Waals surface area contributed by atoms with E-state index in [2.05, 4.69) is 25.9 Å². The summed E-state index contributed by atoms with van der Waals surface area (Å²) in [6.45, 7) is 0. The summed E-state index contributed by atoms with van der Waals surface area (Å²) in [5, 5.41) is 0. The molecule has 0 unspecified atom stereocenters. The fraction of sp³-hybridized carbons (Fsp3) is 0. The summed E-state index contributed by atoms with van der Waals surface area (Å²) in [5.41, 5.74) is 15.6. The monoisotopic (exact) mass is 302 g/mol. The zero-order valence-electron chi connectivity index (χ0n) is 9.44. The number of rotatable bonds is 1. The van der Waals surface area contributed by atoms with Gasteiger partial charge in [-0.1, -0.05) is 15.9 Å². The van der Waals surface area contributed by atoms with Crippen molar-refractivity contribution < 1.29 is 0 Å². The molecule has 2 aromatic carbocycles. The number of halogens is 1. The van der Waals surface area contributed by atoms with Gasteiger partial charge in [-0.05, 0) is 36.4 Å². The van der Waals surface area contributed by atoms with Gasteiger partial charge in [-0.3, -0.25) is 0 Å². The SMILES string of the molecule is Nc1cc(N)cc(-c2nc3ccc(Br)cc3[nH]2)c1. The Kier molecular flexibility index (Phi) is 2.48. The van der Waals surface area contributed by atoms with Crippen LogP contribution in [0.5, 0.6) is 0 Å². The smallest absolute Gasteiger partial charge is 0.138 e. The van der Waals surface area contributed by atoms with E-state index in [1.54, 1.807) is 6.07 Å². The standard InChI is InChI=1S/C13H11BrN4/c14-8-1-2-11-12(5-8)18-13(17-11)7-3-9(15)6-10(16)4-7/h1-6H,15-16H2,(H,17,18). The molecule has 0 aliphatic rings. The minimum atomic E-state index is 0.631. The molecule has 18 heavy (non-hydrogen) atoms. The summed E-state index contributed by atoms with van der Waals surface area (Å²) in [5.74, 6) is 0.766. The molecule has 3 aromatic rings. The van der Waals surface area contributed by atoms with E-state index in [0.717, 1.165) is 26.9 Å². The third-order valence-electron chi connectivity index (χ3n) is 2.70. The van der Waals surface area contributed by atoms with Crippen LogP contribution >= 0.6 is 15.9 Å². The summed E-state index contributed by atoms with van der Waals surface area (Å²) >= 11 is 3.43. The zero-order chi connectivity index (χ0) is 12.7. The van der Waals surface area contributed by atoms with Gasteiger partial charge >= 0.3 is 0 Å². The van der Waals surface area contributed by atoms with Gasteiger partial charge in [0.2, 0.25) is 0 Å². The maximum Gasteiger partial charge on any atom is 0.138 e. The number of H-pyrrole nitrogens is 1. The van der Waals surface area contributed by atoms with E-state index in [9.17, 15) is 0 Å². The molecule has 0 aliphatic carbocycles. The van der Waals surface area contributed by atoms with Gasteiger partial charge in [0.1, 0.15) is 5.82 Å². The first-order valence-corrected chi connectivity index (χ1v) is 6.23. The minimum absolute atomic E-state index is 0.631. The lowest BCUT2D eigenvalue weighted by Gasteiger charge is -2.01. The summed E-state index contributed by atoms with van der Waals surface area (Å²) in [6, 6.07) is 11.3. The average Bonchev–Trinajstić information content (AvgIpc) is 2.70. The van der Waals surface area contributed by atoms with Crippen LogP contribution in [0.15, 0.2) is 40.9 Å². The molecule has 0 saturated heterocycles. The molecule has 1 aromatic heterocycles. The molecule has 0 amide bonds. The number of nitrogen functional groups attached to an aromatic ring is 2. The molecule has 0 fully saturated rings. The highest BCUT2D eigenvalue weighted by molar-refractivity contribution is 9.10. The van der Waals surface area contributed by atoms with E-state index >= 15 is 0 Å². The Labute approximate surface area is 112 Å². The Balaban J connectivity index is 2.19. The van der Waals surface area contributed by atoms with Crippen molar-refractivity contribution in [1.82, 2.24) is 9.97 Å². The Morgan fingerprint density at radius 3 is 2.44 bits per heavy atom.